The number of carbonyl (C=O) groups is 2. The molecule has 0 aromatic heterocycles. The number of hydrogen-bond acceptors (Lipinski definition) is 8. The zero-order valence-corrected chi connectivity index (χ0v) is 31.4. The number of esters is 2. The molecule has 9 heteroatoms. The zero-order chi connectivity index (χ0) is 38.1. The predicted octanol–water partition coefficient (Wildman–Crippen LogP) is 10.5. The summed E-state index contributed by atoms with van der Waals surface area (Å²) < 4.78 is 37.3. The van der Waals surface area contributed by atoms with Crippen molar-refractivity contribution in [3.63, 3.8) is 0 Å². The number of fused-ring (bicyclic) bond motifs is 4. The van der Waals surface area contributed by atoms with Crippen molar-refractivity contribution in [2.24, 2.45) is 0 Å². The highest BCUT2D eigenvalue weighted by Gasteiger charge is 2.23. The Labute approximate surface area is 324 Å². The van der Waals surface area contributed by atoms with Crippen LogP contribution in [0.1, 0.15) is 26.7 Å². The summed E-state index contributed by atoms with van der Waals surface area (Å²) >= 11 is 6.59. The maximum absolute atomic E-state index is 12.6. The van der Waals surface area contributed by atoms with Gasteiger partial charge in [0, 0.05) is 50.2 Å². The van der Waals surface area contributed by atoms with Gasteiger partial charge in [0.05, 0.1) is 0 Å². The lowest BCUT2D eigenvalue weighted by Gasteiger charge is -2.23. The molecule has 0 N–H and O–H groups in total. The van der Waals surface area contributed by atoms with Gasteiger partial charge >= 0.3 is 11.9 Å². The summed E-state index contributed by atoms with van der Waals surface area (Å²) in [6, 6.07) is 40.8. The van der Waals surface area contributed by atoms with Crippen LogP contribution in [0.3, 0.4) is 0 Å². The lowest BCUT2D eigenvalue weighted by molar-refractivity contribution is -0.152. The monoisotopic (exact) mass is 756 g/mol. The van der Waals surface area contributed by atoms with Crippen LogP contribution >= 0.6 is 11.6 Å². The zero-order valence-electron chi connectivity index (χ0n) is 30.7. The van der Waals surface area contributed by atoms with Crippen molar-refractivity contribution in [1.29, 1.82) is 0 Å². The fourth-order valence-corrected chi connectivity index (χ4v) is 6.69. The van der Waals surface area contributed by atoms with Crippen LogP contribution in [-0.2, 0) is 19.1 Å². The van der Waals surface area contributed by atoms with Gasteiger partial charge in [-0.1, -0.05) is 123 Å². The molecular weight excluding hydrogens is 716 g/mol. The fraction of sp³-hybridized carbons (Fsp3) is 0.217. The Morgan fingerprint density at radius 2 is 0.873 bits per heavy atom. The largest absolute Gasteiger partial charge is 0.489 e. The summed E-state index contributed by atoms with van der Waals surface area (Å²) in [5.74, 6) is 1.78. The van der Waals surface area contributed by atoms with Crippen LogP contribution in [0.25, 0.3) is 43.1 Å². The van der Waals surface area contributed by atoms with Crippen molar-refractivity contribution in [3.8, 4) is 23.0 Å². The first-order valence-electron chi connectivity index (χ1n) is 18.4. The topological polar surface area (TPSA) is 89.5 Å². The van der Waals surface area contributed by atoms with Crippen molar-refractivity contribution in [2.45, 2.75) is 38.9 Å². The molecule has 55 heavy (non-hydrogen) atoms. The Bertz CT molecular complexity index is 2450. The first-order valence-corrected chi connectivity index (χ1v) is 18.8. The van der Waals surface area contributed by atoms with E-state index in [1.165, 1.54) is 0 Å². The second kappa shape index (κ2) is 17.4. The van der Waals surface area contributed by atoms with Gasteiger partial charge in [0.15, 0.2) is 12.2 Å². The van der Waals surface area contributed by atoms with E-state index in [-0.39, 0.29) is 51.2 Å². The van der Waals surface area contributed by atoms with Gasteiger partial charge < -0.3 is 28.4 Å². The number of carbonyl (C=O) groups excluding carboxylic acids is 2. The Kier molecular flexibility index (Phi) is 11.8. The number of rotatable bonds is 16. The molecule has 0 heterocycles. The molecule has 0 fully saturated rings. The first kappa shape index (κ1) is 37.3. The maximum Gasteiger partial charge on any atom is 0.306 e. The molecular formula is C46H41ClO8. The van der Waals surface area contributed by atoms with Gasteiger partial charge in [0.2, 0.25) is 0 Å². The molecule has 2 unspecified atom stereocenters. The van der Waals surface area contributed by atoms with Crippen LogP contribution in [0.5, 0.6) is 23.0 Å². The third kappa shape index (κ3) is 8.71. The normalized spacial score (nSPS) is 12.3. The summed E-state index contributed by atoms with van der Waals surface area (Å²) in [6.07, 6.45) is -1.01. The van der Waals surface area contributed by atoms with Crippen LogP contribution in [0.2, 0.25) is 5.02 Å². The van der Waals surface area contributed by atoms with Crippen LogP contribution in [0, 0.1) is 0 Å². The van der Waals surface area contributed by atoms with E-state index in [0.717, 1.165) is 37.7 Å². The molecule has 0 bridgehead atoms. The molecule has 2 atom stereocenters. The highest BCUT2D eigenvalue weighted by atomic mass is 35.5. The minimum atomic E-state index is -0.717. The van der Waals surface area contributed by atoms with E-state index in [1.54, 1.807) is 19.9 Å². The third-order valence-corrected chi connectivity index (χ3v) is 9.47. The lowest BCUT2D eigenvalue weighted by atomic mass is 10.0. The molecule has 0 saturated heterocycles. The number of hydrogen-bond donors (Lipinski definition) is 0. The van der Waals surface area contributed by atoms with Crippen LogP contribution in [0.15, 0.2) is 127 Å². The molecule has 0 aliphatic heterocycles. The van der Waals surface area contributed by atoms with Crippen molar-refractivity contribution < 1.29 is 38.0 Å². The van der Waals surface area contributed by atoms with Gasteiger partial charge in [-0.2, -0.15) is 0 Å². The van der Waals surface area contributed by atoms with E-state index in [2.05, 4.69) is 0 Å². The first-order chi connectivity index (χ1) is 26.9. The standard InChI is InChI=1S/C46H41ClO8/c1-3-43(48)54-33(26-50-41-21-11-15-30-13-5-7-17-35(30)41)28-52-45-37-19-9-10-20-38(37)46(40-25-32(47)23-24-39(40)45)53-29-34(55-44(49)4-2)27-51-42-22-12-16-31-14-6-8-18-36(31)42/h5-25,33-34H,3-4,26-29H2,1-2H3. The Morgan fingerprint density at radius 1 is 0.473 bits per heavy atom. The molecule has 0 radical (unpaired) electrons. The quantitative estimate of drug-likeness (QED) is 0.0711. The Hall–Kier alpha value is -5.99. The molecule has 0 spiro atoms. The summed E-state index contributed by atoms with van der Waals surface area (Å²) in [4.78, 5) is 25.1. The average Bonchev–Trinajstić information content (AvgIpc) is 3.22. The van der Waals surface area contributed by atoms with Crippen molar-refractivity contribution in [2.75, 3.05) is 26.4 Å². The number of ether oxygens (including phenoxy) is 6. The summed E-state index contributed by atoms with van der Waals surface area (Å²) in [5.41, 5.74) is 0. The molecule has 280 valence electrons. The van der Waals surface area contributed by atoms with E-state index < -0.39 is 12.2 Å². The lowest BCUT2D eigenvalue weighted by Crippen LogP contribution is -2.31. The molecule has 0 aliphatic rings. The fourth-order valence-electron chi connectivity index (χ4n) is 6.51. The summed E-state index contributed by atoms with van der Waals surface area (Å²) in [7, 11) is 0. The molecule has 0 amide bonds. The second-order valence-corrected chi connectivity index (χ2v) is 13.5. The highest BCUT2D eigenvalue weighted by molar-refractivity contribution is 6.31. The molecule has 8 nitrogen and oxygen atoms in total. The second-order valence-electron chi connectivity index (χ2n) is 13.0. The molecule has 7 rings (SSSR count). The van der Waals surface area contributed by atoms with E-state index >= 15 is 0 Å². The summed E-state index contributed by atoms with van der Waals surface area (Å²) in [6.45, 7) is 3.70. The third-order valence-electron chi connectivity index (χ3n) is 9.24. The smallest absolute Gasteiger partial charge is 0.306 e. The van der Waals surface area contributed by atoms with Crippen LogP contribution in [-0.4, -0.2) is 50.6 Å². The minimum absolute atomic E-state index is 0.0167. The molecule has 7 aromatic rings. The van der Waals surface area contributed by atoms with Crippen LogP contribution in [0.4, 0.5) is 0 Å². The van der Waals surface area contributed by atoms with E-state index in [9.17, 15) is 9.59 Å². The number of benzene rings is 7. The van der Waals surface area contributed by atoms with Crippen molar-refractivity contribution in [1.82, 2.24) is 0 Å². The van der Waals surface area contributed by atoms with E-state index in [1.807, 2.05) is 121 Å². The average molecular weight is 757 g/mol. The maximum atomic E-state index is 12.6. The predicted molar refractivity (Wildman–Crippen MR) is 217 cm³/mol. The van der Waals surface area contributed by atoms with Gasteiger partial charge in [0.25, 0.3) is 0 Å². The highest BCUT2D eigenvalue weighted by Crippen LogP contribution is 2.44. The van der Waals surface area contributed by atoms with E-state index in [0.29, 0.717) is 33.4 Å². The Balaban J connectivity index is 1.16. The van der Waals surface area contributed by atoms with Gasteiger partial charge in [-0.3, -0.25) is 9.59 Å². The Morgan fingerprint density at radius 3 is 1.36 bits per heavy atom. The minimum Gasteiger partial charge on any atom is -0.489 e. The molecule has 7 aromatic carbocycles. The molecule has 0 saturated carbocycles. The van der Waals surface area contributed by atoms with Crippen LogP contribution < -0.4 is 18.9 Å². The van der Waals surface area contributed by atoms with Crippen molar-refractivity contribution in [3.05, 3.63) is 132 Å². The summed E-state index contributed by atoms with van der Waals surface area (Å²) in [5, 5.41) is 7.49. The van der Waals surface area contributed by atoms with Crippen molar-refractivity contribution >= 4 is 66.6 Å². The van der Waals surface area contributed by atoms with Gasteiger partial charge in [-0.25, -0.2) is 0 Å². The number of halogens is 1. The molecule has 0 aliphatic carbocycles. The van der Waals surface area contributed by atoms with Gasteiger partial charge in [-0.05, 0) is 41.1 Å². The van der Waals surface area contributed by atoms with E-state index in [4.69, 9.17) is 40.0 Å². The van der Waals surface area contributed by atoms with Gasteiger partial charge in [0.1, 0.15) is 49.4 Å². The SMILES string of the molecule is CCC(=O)OC(COc1cccc2ccccc12)COc1c2ccccc2c(OCC(COc2cccc3ccccc23)OC(=O)CC)c2cc(Cl)ccc12. The van der Waals surface area contributed by atoms with Gasteiger partial charge in [-0.15, -0.1) is 0 Å².